The second kappa shape index (κ2) is 5.99. The smallest absolute Gasteiger partial charge is 0.0643 e. The second-order valence-corrected chi connectivity index (χ2v) is 6.29. The van der Waals surface area contributed by atoms with Crippen LogP contribution in [0.15, 0.2) is 28.2 Å². The van der Waals surface area contributed by atoms with Crippen molar-refractivity contribution in [1.82, 2.24) is 9.78 Å². The Morgan fingerprint density at radius 1 is 1.50 bits per heavy atom. The lowest BCUT2D eigenvalue weighted by Crippen LogP contribution is -2.13. The standard InChI is InChI=1S/C13H18BrN3S/c1-3-9(2)17-6-4-10(16-17)8-12(15)13-11(14)5-7-18-13/h4-7,9,12H,3,8,15H2,1-2H3. The molecule has 3 nitrogen and oxygen atoms in total. The third-order valence-electron chi connectivity index (χ3n) is 3.12. The molecule has 5 heteroatoms. The summed E-state index contributed by atoms with van der Waals surface area (Å²) in [5.74, 6) is 0. The van der Waals surface area contributed by atoms with Crippen molar-refractivity contribution in [3.8, 4) is 0 Å². The normalized spacial score (nSPS) is 14.7. The molecule has 0 aliphatic carbocycles. The quantitative estimate of drug-likeness (QED) is 0.904. The predicted octanol–water partition coefficient (Wildman–Crippen LogP) is 3.92. The molecule has 0 fully saturated rings. The highest BCUT2D eigenvalue weighted by Crippen LogP contribution is 2.29. The van der Waals surface area contributed by atoms with Gasteiger partial charge in [0.25, 0.3) is 0 Å². The summed E-state index contributed by atoms with van der Waals surface area (Å²) < 4.78 is 3.12. The molecule has 2 heterocycles. The summed E-state index contributed by atoms with van der Waals surface area (Å²) in [7, 11) is 0. The van der Waals surface area contributed by atoms with Gasteiger partial charge in [0.15, 0.2) is 0 Å². The van der Waals surface area contributed by atoms with E-state index in [1.807, 2.05) is 16.9 Å². The van der Waals surface area contributed by atoms with E-state index in [0.717, 1.165) is 23.0 Å². The van der Waals surface area contributed by atoms with Crippen molar-refractivity contribution in [2.75, 3.05) is 0 Å². The fraction of sp³-hybridized carbons (Fsp3) is 0.462. The van der Waals surface area contributed by atoms with Gasteiger partial charge in [0.2, 0.25) is 0 Å². The van der Waals surface area contributed by atoms with Crippen LogP contribution in [0.3, 0.4) is 0 Å². The maximum absolute atomic E-state index is 6.22. The minimum atomic E-state index is 0.0136. The van der Waals surface area contributed by atoms with Gasteiger partial charge in [-0.15, -0.1) is 11.3 Å². The minimum absolute atomic E-state index is 0.0136. The van der Waals surface area contributed by atoms with Crippen LogP contribution in [0.25, 0.3) is 0 Å². The Hall–Kier alpha value is -0.650. The van der Waals surface area contributed by atoms with Crippen molar-refractivity contribution in [3.63, 3.8) is 0 Å². The summed E-state index contributed by atoms with van der Waals surface area (Å²) in [6.07, 6.45) is 3.91. The van der Waals surface area contributed by atoms with E-state index in [4.69, 9.17) is 5.73 Å². The van der Waals surface area contributed by atoms with Gasteiger partial charge in [-0.2, -0.15) is 5.10 Å². The highest BCUT2D eigenvalue weighted by atomic mass is 79.9. The monoisotopic (exact) mass is 327 g/mol. The molecule has 2 aromatic heterocycles. The van der Waals surface area contributed by atoms with Gasteiger partial charge in [-0.25, -0.2) is 0 Å². The molecule has 0 bridgehead atoms. The average Bonchev–Trinajstić information content (AvgIpc) is 2.97. The maximum atomic E-state index is 6.22. The van der Waals surface area contributed by atoms with E-state index in [9.17, 15) is 0 Å². The van der Waals surface area contributed by atoms with E-state index in [1.54, 1.807) is 11.3 Å². The zero-order chi connectivity index (χ0) is 13.1. The highest BCUT2D eigenvalue weighted by Gasteiger charge is 2.14. The van der Waals surface area contributed by atoms with Gasteiger partial charge in [-0.1, -0.05) is 6.92 Å². The largest absolute Gasteiger partial charge is 0.323 e. The van der Waals surface area contributed by atoms with Gasteiger partial charge in [-0.05, 0) is 46.8 Å². The molecule has 2 atom stereocenters. The summed E-state index contributed by atoms with van der Waals surface area (Å²) in [6.45, 7) is 4.34. The van der Waals surface area contributed by atoms with Gasteiger partial charge in [0, 0.05) is 34.1 Å². The molecule has 0 spiro atoms. The highest BCUT2D eigenvalue weighted by molar-refractivity contribution is 9.10. The van der Waals surface area contributed by atoms with Crippen LogP contribution in [0, 0.1) is 0 Å². The summed E-state index contributed by atoms with van der Waals surface area (Å²) in [4.78, 5) is 1.19. The molecule has 0 radical (unpaired) electrons. The lowest BCUT2D eigenvalue weighted by atomic mass is 10.1. The second-order valence-electron chi connectivity index (χ2n) is 4.49. The molecular formula is C13H18BrN3S. The SMILES string of the molecule is CCC(C)n1ccc(CC(N)c2sccc2Br)n1. The van der Waals surface area contributed by atoms with E-state index in [1.165, 1.54) is 4.88 Å². The molecule has 98 valence electrons. The Morgan fingerprint density at radius 2 is 2.28 bits per heavy atom. The molecule has 0 saturated carbocycles. The van der Waals surface area contributed by atoms with Crippen molar-refractivity contribution >= 4 is 27.3 Å². The molecule has 2 N–H and O–H groups in total. The molecule has 0 aliphatic rings. The van der Waals surface area contributed by atoms with E-state index in [-0.39, 0.29) is 6.04 Å². The number of hydrogen-bond acceptors (Lipinski definition) is 3. The first-order valence-corrected chi connectivity index (χ1v) is 7.81. The Labute approximate surface area is 120 Å². The molecule has 2 unspecified atom stereocenters. The predicted molar refractivity (Wildman–Crippen MR) is 79.9 cm³/mol. The van der Waals surface area contributed by atoms with Gasteiger partial charge in [0.1, 0.15) is 0 Å². The number of halogens is 1. The summed E-state index contributed by atoms with van der Waals surface area (Å²) in [6, 6.07) is 4.56. The average molecular weight is 328 g/mol. The summed E-state index contributed by atoms with van der Waals surface area (Å²) in [5.41, 5.74) is 7.28. The van der Waals surface area contributed by atoms with E-state index < -0.39 is 0 Å². The molecule has 2 aromatic rings. The first kappa shape index (κ1) is 13.8. The number of thiophene rings is 1. The van der Waals surface area contributed by atoms with Gasteiger partial charge < -0.3 is 5.73 Å². The third-order valence-corrected chi connectivity index (χ3v) is 5.12. The Balaban J connectivity index is 2.06. The van der Waals surface area contributed by atoms with E-state index in [0.29, 0.717) is 6.04 Å². The maximum Gasteiger partial charge on any atom is 0.0643 e. The molecular weight excluding hydrogens is 310 g/mol. The van der Waals surface area contributed by atoms with Crippen LogP contribution in [0.2, 0.25) is 0 Å². The van der Waals surface area contributed by atoms with E-state index >= 15 is 0 Å². The van der Waals surface area contributed by atoms with Crippen LogP contribution in [0.1, 0.15) is 42.9 Å². The number of aromatic nitrogens is 2. The van der Waals surface area contributed by atoms with Crippen molar-refractivity contribution in [1.29, 1.82) is 0 Å². The molecule has 0 saturated heterocycles. The lowest BCUT2D eigenvalue weighted by Gasteiger charge is -2.10. The Bertz CT molecular complexity index is 506. The fourth-order valence-electron chi connectivity index (χ4n) is 1.81. The van der Waals surface area contributed by atoms with Crippen molar-refractivity contribution in [2.24, 2.45) is 5.73 Å². The van der Waals surface area contributed by atoms with Crippen LogP contribution >= 0.6 is 27.3 Å². The molecule has 0 amide bonds. The summed E-state index contributed by atoms with van der Waals surface area (Å²) >= 11 is 5.21. The van der Waals surface area contributed by atoms with Crippen LogP contribution in [-0.2, 0) is 6.42 Å². The van der Waals surface area contributed by atoms with Crippen LogP contribution in [0.4, 0.5) is 0 Å². The van der Waals surface area contributed by atoms with Crippen LogP contribution < -0.4 is 5.73 Å². The van der Waals surface area contributed by atoms with Crippen LogP contribution in [0.5, 0.6) is 0 Å². The first-order valence-electron chi connectivity index (χ1n) is 6.14. The van der Waals surface area contributed by atoms with Gasteiger partial charge >= 0.3 is 0 Å². The number of rotatable bonds is 5. The van der Waals surface area contributed by atoms with Gasteiger partial charge in [-0.3, -0.25) is 4.68 Å². The van der Waals surface area contributed by atoms with Crippen LogP contribution in [-0.4, -0.2) is 9.78 Å². The number of hydrogen-bond donors (Lipinski definition) is 1. The number of nitrogens with zero attached hydrogens (tertiary/aromatic N) is 2. The molecule has 0 aliphatic heterocycles. The Morgan fingerprint density at radius 3 is 2.89 bits per heavy atom. The summed E-state index contributed by atoms with van der Waals surface area (Å²) in [5, 5.41) is 6.64. The molecule has 2 rings (SSSR count). The zero-order valence-corrected chi connectivity index (χ0v) is 13.0. The number of nitrogens with two attached hydrogens (primary N) is 1. The van der Waals surface area contributed by atoms with Crippen molar-refractivity contribution < 1.29 is 0 Å². The third kappa shape index (κ3) is 3.02. The molecule has 0 aromatic carbocycles. The topological polar surface area (TPSA) is 43.8 Å². The minimum Gasteiger partial charge on any atom is -0.323 e. The molecule has 18 heavy (non-hydrogen) atoms. The van der Waals surface area contributed by atoms with Gasteiger partial charge in [0.05, 0.1) is 5.69 Å². The lowest BCUT2D eigenvalue weighted by molar-refractivity contribution is 0.472. The van der Waals surface area contributed by atoms with Crippen molar-refractivity contribution in [2.45, 2.75) is 38.8 Å². The van der Waals surface area contributed by atoms with Crippen molar-refractivity contribution in [3.05, 3.63) is 38.8 Å². The zero-order valence-electron chi connectivity index (χ0n) is 10.6. The Kier molecular flexibility index (Phi) is 4.59. The van der Waals surface area contributed by atoms with E-state index in [2.05, 4.69) is 46.3 Å². The fourth-order valence-corrected chi connectivity index (χ4v) is 3.48. The first-order chi connectivity index (χ1) is 8.61.